The topological polar surface area (TPSA) is 28.2 Å². The molecule has 0 aliphatic rings. The van der Waals surface area contributed by atoms with Gasteiger partial charge in [0, 0.05) is 12.2 Å². The first-order chi connectivity index (χ1) is 7.49. The molecule has 0 aliphatic heterocycles. The number of rotatable bonds is 5. The van der Waals surface area contributed by atoms with Crippen molar-refractivity contribution >= 4 is 33.3 Å². The van der Waals surface area contributed by atoms with Crippen molar-refractivity contribution in [3.63, 3.8) is 0 Å². The molecule has 0 bridgehead atoms. The summed E-state index contributed by atoms with van der Waals surface area (Å²) in [5.74, 6) is 0.843. The van der Waals surface area contributed by atoms with Gasteiger partial charge in [-0.1, -0.05) is 11.6 Å². The van der Waals surface area contributed by atoms with E-state index in [1.165, 1.54) is 0 Å². The number of nitrogens with one attached hydrogen (secondary N) is 1. The number of anilines is 1. The van der Waals surface area contributed by atoms with Crippen LogP contribution in [0.5, 0.6) is 0 Å². The Morgan fingerprint density at radius 3 is 2.81 bits per heavy atom. The second-order valence-electron chi connectivity index (χ2n) is 4.12. The Bertz CT molecular complexity index is 344. The monoisotopic (exact) mass is 305 g/mol. The van der Waals surface area contributed by atoms with E-state index in [2.05, 4.69) is 52.1 Å². The third kappa shape index (κ3) is 4.68. The Kier molecular flexibility index (Phi) is 5.52. The summed E-state index contributed by atoms with van der Waals surface area (Å²) in [6, 6.07) is 2.22. The molecule has 1 unspecified atom stereocenters. The molecular weight excluding hydrogens is 289 g/mol. The first-order valence-corrected chi connectivity index (χ1v) is 6.38. The van der Waals surface area contributed by atoms with Crippen LogP contribution in [0.4, 0.5) is 5.82 Å². The number of hydrogen-bond acceptors (Lipinski definition) is 3. The molecule has 3 nitrogen and oxygen atoms in total. The van der Waals surface area contributed by atoms with Crippen molar-refractivity contribution in [2.75, 3.05) is 26.0 Å². The molecule has 1 heterocycles. The van der Waals surface area contributed by atoms with E-state index in [9.17, 15) is 0 Å². The Labute approximate surface area is 110 Å². The first-order valence-electron chi connectivity index (χ1n) is 5.21. The molecule has 1 rings (SSSR count). The van der Waals surface area contributed by atoms with Crippen LogP contribution in [-0.4, -0.2) is 36.6 Å². The van der Waals surface area contributed by atoms with Gasteiger partial charge in [-0.25, -0.2) is 4.98 Å². The summed E-state index contributed by atoms with van der Waals surface area (Å²) in [7, 11) is 4.15. The van der Waals surface area contributed by atoms with E-state index in [0.717, 1.165) is 23.3 Å². The fourth-order valence-electron chi connectivity index (χ4n) is 1.28. The number of hydrogen-bond donors (Lipinski definition) is 1. The largest absolute Gasteiger partial charge is 0.367 e. The van der Waals surface area contributed by atoms with E-state index >= 15 is 0 Å². The van der Waals surface area contributed by atoms with Gasteiger partial charge in [0.2, 0.25) is 0 Å². The smallest absolute Gasteiger partial charge is 0.140 e. The van der Waals surface area contributed by atoms with Crippen LogP contribution in [0.25, 0.3) is 0 Å². The van der Waals surface area contributed by atoms with Crippen molar-refractivity contribution in [1.82, 2.24) is 9.88 Å². The Morgan fingerprint density at radius 1 is 1.56 bits per heavy atom. The van der Waals surface area contributed by atoms with Crippen molar-refractivity contribution in [1.29, 1.82) is 0 Å². The van der Waals surface area contributed by atoms with Gasteiger partial charge in [-0.15, -0.1) is 0 Å². The fraction of sp³-hybridized carbons (Fsp3) is 0.545. The van der Waals surface area contributed by atoms with Gasteiger partial charge in [-0.3, -0.25) is 0 Å². The normalized spacial score (nSPS) is 12.9. The predicted octanol–water partition coefficient (Wildman–Crippen LogP) is 3.25. The molecule has 1 aromatic rings. The van der Waals surface area contributed by atoms with Crippen molar-refractivity contribution in [3.05, 3.63) is 21.8 Å². The van der Waals surface area contributed by atoms with Crippen molar-refractivity contribution in [2.45, 2.75) is 19.4 Å². The summed E-state index contributed by atoms with van der Waals surface area (Å²) < 4.78 is 0.900. The molecule has 0 aliphatic carbocycles. The summed E-state index contributed by atoms with van der Waals surface area (Å²) in [4.78, 5) is 6.41. The quantitative estimate of drug-likeness (QED) is 0.905. The standard InChI is InChI=1S/C11H17BrClN3/c1-8(4-5-16(2)3)15-11-10(12)6-9(13)7-14-11/h6-8H,4-5H2,1-3H3,(H,14,15). The van der Waals surface area contributed by atoms with E-state index in [-0.39, 0.29) is 0 Å². The second-order valence-corrected chi connectivity index (χ2v) is 5.41. The van der Waals surface area contributed by atoms with Crippen LogP contribution in [0.1, 0.15) is 13.3 Å². The van der Waals surface area contributed by atoms with Gasteiger partial charge in [-0.2, -0.15) is 0 Å². The SMILES string of the molecule is CC(CCN(C)C)Nc1ncc(Cl)cc1Br. The van der Waals surface area contributed by atoms with Crippen LogP contribution in [0.3, 0.4) is 0 Å². The summed E-state index contributed by atoms with van der Waals surface area (Å²) in [6.45, 7) is 3.20. The molecule has 0 saturated carbocycles. The third-order valence-electron chi connectivity index (χ3n) is 2.20. The van der Waals surface area contributed by atoms with Gasteiger partial charge in [0.05, 0.1) is 9.50 Å². The van der Waals surface area contributed by atoms with E-state index in [4.69, 9.17) is 11.6 Å². The highest BCUT2D eigenvalue weighted by Crippen LogP contribution is 2.23. The molecule has 0 spiro atoms. The maximum Gasteiger partial charge on any atom is 0.140 e. The van der Waals surface area contributed by atoms with Gasteiger partial charge < -0.3 is 10.2 Å². The highest BCUT2D eigenvalue weighted by molar-refractivity contribution is 9.10. The van der Waals surface area contributed by atoms with Crippen LogP contribution in [0.2, 0.25) is 5.02 Å². The lowest BCUT2D eigenvalue weighted by molar-refractivity contribution is 0.390. The number of halogens is 2. The molecular formula is C11H17BrClN3. The lowest BCUT2D eigenvalue weighted by Crippen LogP contribution is -2.23. The van der Waals surface area contributed by atoms with Crippen LogP contribution in [-0.2, 0) is 0 Å². The second kappa shape index (κ2) is 6.42. The average molecular weight is 307 g/mol. The van der Waals surface area contributed by atoms with Crippen molar-refractivity contribution < 1.29 is 0 Å². The average Bonchev–Trinajstić information content (AvgIpc) is 2.19. The zero-order valence-electron chi connectivity index (χ0n) is 9.80. The third-order valence-corrected chi connectivity index (χ3v) is 3.01. The molecule has 0 radical (unpaired) electrons. The van der Waals surface area contributed by atoms with E-state index in [1.54, 1.807) is 6.20 Å². The van der Waals surface area contributed by atoms with Crippen LogP contribution in [0.15, 0.2) is 16.7 Å². The zero-order valence-corrected chi connectivity index (χ0v) is 12.1. The molecule has 90 valence electrons. The molecule has 1 atom stereocenters. The summed E-state index contributed by atoms with van der Waals surface area (Å²) >= 11 is 9.27. The van der Waals surface area contributed by atoms with Gasteiger partial charge in [0.15, 0.2) is 0 Å². The van der Waals surface area contributed by atoms with Gasteiger partial charge >= 0.3 is 0 Å². The zero-order chi connectivity index (χ0) is 12.1. The lowest BCUT2D eigenvalue weighted by Gasteiger charge is -2.17. The molecule has 16 heavy (non-hydrogen) atoms. The minimum Gasteiger partial charge on any atom is -0.367 e. The summed E-state index contributed by atoms with van der Waals surface area (Å²) in [5.41, 5.74) is 0. The van der Waals surface area contributed by atoms with Crippen molar-refractivity contribution in [3.8, 4) is 0 Å². The molecule has 0 saturated heterocycles. The summed E-state index contributed by atoms with van der Waals surface area (Å²) in [6.07, 6.45) is 2.72. The van der Waals surface area contributed by atoms with Crippen LogP contribution >= 0.6 is 27.5 Å². The molecule has 1 N–H and O–H groups in total. The Morgan fingerprint density at radius 2 is 2.25 bits per heavy atom. The number of aromatic nitrogens is 1. The molecule has 0 amide bonds. The molecule has 0 fully saturated rings. The Hall–Kier alpha value is -0.320. The van der Waals surface area contributed by atoms with Crippen LogP contribution < -0.4 is 5.32 Å². The lowest BCUT2D eigenvalue weighted by atomic mass is 10.2. The highest BCUT2D eigenvalue weighted by atomic mass is 79.9. The number of pyridine rings is 1. The van der Waals surface area contributed by atoms with E-state index < -0.39 is 0 Å². The first kappa shape index (κ1) is 13.7. The van der Waals surface area contributed by atoms with Crippen molar-refractivity contribution in [2.24, 2.45) is 0 Å². The maximum absolute atomic E-state index is 5.83. The molecule has 5 heteroatoms. The maximum atomic E-state index is 5.83. The van der Waals surface area contributed by atoms with Gasteiger partial charge in [-0.05, 0) is 56.0 Å². The predicted molar refractivity (Wildman–Crippen MR) is 73.2 cm³/mol. The minimum absolute atomic E-state index is 0.382. The summed E-state index contributed by atoms with van der Waals surface area (Å²) in [5, 5.41) is 3.99. The Balaban J connectivity index is 2.52. The minimum atomic E-state index is 0.382. The van der Waals surface area contributed by atoms with E-state index in [0.29, 0.717) is 11.1 Å². The molecule has 1 aromatic heterocycles. The molecule has 0 aromatic carbocycles. The van der Waals surface area contributed by atoms with Gasteiger partial charge in [0.1, 0.15) is 5.82 Å². The van der Waals surface area contributed by atoms with E-state index in [1.807, 2.05) is 6.07 Å². The highest BCUT2D eigenvalue weighted by Gasteiger charge is 2.07. The fourth-order valence-corrected chi connectivity index (χ4v) is 2.03. The van der Waals surface area contributed by atoms with Gasteiger partial charge in [0.25, 0.3) is 0 Å². The number of nitrogens with zero attached hydrogens (tertiary/aromatic N) is 2. The van der Waals surface area contributed by atoms with Crippen LogP contribution in [0, 0.1) is 0 Å².